The fourth-order valence-corrected chi connectivity index (χ4v) is 2.76. The Morgan fingerprint density at radius 3 is 2.50 bits per heavy atom. The lowest BCUT2D eigenvalue weighted by atomic mass is 10.1. The molecule has 0 atom stereocenters. The predicted octanol–water partition coefficient (Wildman–Crippen LogP) is 1.88. The summed E-state index contributed by atoms with van der Waals surface area (Å²) < 4.78 is 13.3. The molecular formula is C17H19FN6. The number of nitriles is 1. The molecule has 124 valence electrons. The molecule has 3 rings (SSSR count). The first-order chi connectivity index (χ1) is 11.6. The zero-order valence-electron chi connectivity index (χ0n) is 13.8. The van der Waals surface area contributed by atoms with Crippen LogP contribution >= 0.6 is 0 Å². The van der Waals surface area contributed by atoms with Gasteiger partial charge in [-0.05, 0) is 24.3 Å². The number of nitrogens with zero attached hydrogens (tertiary/aromatic N) is 6. The third-order valence-corrected chi connectivity index (χ3v) is 4.07. The Morgan fingerprint density at radius 2 is 1.83 bits per heavy atom. The number of anilines is 3. The van der Waals surface area contributed by atoms with Crippen molar-refractivity contribution >= 4 is 17.5 Å². The van der Waals surface area contributed by atoms with E-state index < -0.39 is 0 Å². The molecule has 2 aromatic rings. The molecule has 0 spiro atoms. The van der Waals surface area contributed by atoms with Crippen molar-refractivity contribution in [3.8, 4) is 6.07 Å². The lowest BCUT2D eigenvalue weighted by molar-refractivity contribution is 0.622. The molecule has 7 heteroatoms. The van der Waals surface area contributed by atoms with Gasteiger partial charge in [-0.3, -0.25) is 0 Å². The van der Waals surface area contributed by atoms with Crippen molar-refractivity contribution in [2.45, 2.75) is 0 Å². The number of piperazine rings is 1. The fraction of sp³-hybridized carbons (Fsp3) is 0.353. The van der Waals surface area contributed by atoms with Gasteiger partial charge in [0.25, 0.3) is 0 Å². The van der Waals surface area contributed by atoms with Gasteiger partial charge in [-0.1, -0.05) is 0 Å². The number of hydrogen-bond donors (Lipinski definition) is 0. The van der Waals surface area contributed by atoms with Crippen molar-refractivity contribution in [3.05, 3.63) is 41.8 Å². The van der Waals surface area contributed by atoms with Crippen LogP contribution in [0.1, 0.15) is 5.56 Å². The summed E-state index contributed by atoms with van der Waals surface area (Å²) in [5.41, 5.74) is 1.15. The number of hydrogen-bond acceptors (Lipinski definition) is 6. The van der Waals surface area contributed by atoms with Crippen LogP contribution in [-0.2, 0) is 0 Å². The Morgan fingerprint density at radius 1 is 1.12 bits per heavy atom. The van der Waals surface area contributed by atoms with Crippen molar-refractivity contribution in [3.63, 3.8) is 0 Å². The summed E-state index contributed by atoms with van der Waals surface area (Å²) in [4.78, 5) is 15.1. The molecule has 1 fully saturated rings. The van der Waals surface area contributed by atoms with E-state index in [1.807, 2.05) is 25.1 Å². The first-order valence-corrected chi connectivity index (χ1v) is 7.78. The van der Waals surface area contributed by atoms with Crippen molar-refractivity contribution in [2.24, 2.45) is 0 Å². The summed E-state index contributed by atoms with van der Waals surface area (Å²) in [7, 11) is 3.89. The van der Waals surface area contributed by atoms with Crippen LogP contribution in [0, 0.1) is 17.1 Å². The molecule has 1 aliphatic heterocycles. The predicted molar refractivity (Wildman–Crippen MR) is 91.9 cm³/mol. The van der Waals surface area contributed by atoms with Gasteiger partial charge in [-0.25, -0.2) is 9.37 Å². The molecule has 0 N–H and O–H groups in total. The average Bonchev–Trinajstić information content (AvgIpc) is 2.62. The largest absolute Gasteiger partial charge is 0.367 e. The number of aromatic nitrogens is 2. The van der Waals surface area contributed by atoms with Crippen LogP contribution in [0.5, 0.6) is 0 Å². The molecule has 0 radical (unpaired) electrons. The SMILES string of the molecule is CN(C)c1ccnc(N2CCN(c3ccc(F)cc3C#N)CC2)n1. The highest BCUT2D eigenvalue weighted by molar-refractivity contribution is 5.60. The van der Waals surface area contributed by atoms with Crippen LogP contribution < -0.4 is 14.7 Å². The maximum atomic E-state index is 13.3. The minimum Gasteiger partial charge on any atom is -0.367 e. The van der Waals surface area contributed by atoms with E-state index in [2.05, 4.69) is 25.8 Å². The highest BCUT2D eigenvalue weighted by Gasteiger charge is 2.21. The molecule has 0 saturated carbocycles. The first kappa shape index (κ1) is 16.0. The zero-order valence-corrected chi connectivity index (χ0v) is 13.8. The summed E-state index contributed by atoms with van der Waals surface area (Å²) in [5, 5.41) is 9.21. The van der Waals surface area contributed by atoms with Gasteiger partial charge in [0.05, 0.1) is 11.3 Å². The highest BCUT2D eigenvalue weighted by Crippen LogP contribution is 2.23. The molecule has 0 aliphatic carbocycles. The minimum atomic E-state index is -0.386. The Bertz CT molecular complexity index is 762. The molecule has 1 saturated heterocycles. The molecule has 0 unspecified atom stereocenters. The lowest BCUT2D eigenvalue weighted by Crippen LogP contribution is -2.47. The number of halogens is 1. The summed E-state index contributed by atoms with van der Waals surface area (Å²) in [6.07, 6.45) is 1.76. The number of benzene rings is 1. The summed E-state index contributed by atoms with van der Waals surface area (Å²) in [6.45, 7) is 2.96. The zero-order chi connectivity index (χ0) is 17.1. The van der Waals surface area contributed by atoms with Crippen LogP contribution in [0.15, 0.2) is 30.5 Å². The van der Waals surface area contributed by atoms with Crippen LogP contribution in [0.2, 0.25) is 0 Å². The second-order valence-electron chi connectivity index (χ2n) is 5.86. The third-order valence-electron chi connectivity index (χ3n) is 4.07. The van der Waals surface area contributed by atoms with Gasteiger partial charge in [0.2, 0.25) is 5.95 Å². The highest BCUT2D eigenvalue weighted by atomic mass is 19.1. The standard InChI is InChI=1S/C17H19FN6/c1-22(2)16-5-6-20-17(21-16)24-9-7-23(8-10-24)15-4-3-14(18)11-13(15)12-19/h3-6,11H,7-10H2,1-2H3. The molecule has 1 aromatic carbocycles. The van der Waals surface area contributed by atoms with E-state index >= 15 is 0 Å². The second-order valence-corrected chi connectivity index (χ2v) is 5.86. The van der Waals surface area contributed by atoms with Crippen LogP contribution in [0.25, 0.3) is 0 Å². The van der Waals surface area contributed by atoms with Crippen LogP contribution in [0.3, 0.4) is 0 Å². The van der Waals surface area contributed by atoms with Gasteiger partial charge >= 0.3 is 0 Å². The Kier molecular flexibility index (Phi) is 4.47. The van der Waals surface area contributed by atoms with E-state index in [1.165, 1.54) is 12.1 Å². The Labute approximate surface area is 140 Å². The van der Waals surface area contributed by atoms with E-state index in [0.717, 1.165) is 37.7 Å². The summed E-state index contributed by atoms with van der Waals surface area (Å²) >= 11 is 0. The number of rotatable bonds is 3. The van der Waals surface area contributed by atoms with Crippen LogP contribution in [-0.4, -0.2) is 50.2 Å². The normalized spacial score (nSPS) is 14.4. The Balaban J connectivity index is 1.72. The maximum absolute atomic E-state index is 13.3. The van der Waals surface area contributed by atoms with E-state index in [0.29, 0.717) is 11.5 Å². The molecule has 1 aromatic heterocycles. The van der Waals surface area contributed by atoms with Crippen molar-refractivity contribution in [1.29, 1.82) is 5.26 Å². The first-order valence-electron chi connectivity index (χ1n) is 7.78. The molecule has 2 heterocycles. The average molecular weight is 326 g/mol. The van der Waals surface area contributed by atoms with Gasteiger partial charge in [0.1, 0.15) is 17.7 Å². The van der Waals surface area contributed by atoms with Gasteiger partial charge < -0.3 is 14.7 Å². The van der Waals surface area contributed by atoms with E-state index in [9.17, 15) is 9.65 Å². The molecule has 6 nitrogen and oxygen atoms in total. The van der Waals surface area contributed by atoms with E-state index in [4.69, 9.17) is 0 Å². The smallest absolute Gasteiger partial charge is 0.227 e. The molecule has 1 aliphatic rings. The summed E-state index contributed by atoms with van der Waals surface area (Å²) in [5.74, 6) is 1.19. The fourth-order valence-electron chi connectivity index (χ4n) is 2.76. The van der Waals surface area contributed by atoms with Gasteiger partial charge in [-0.15, -0.1) is 0 Å². The maximum Gasteiger partial charge on any atom is 0.227 e. The van der Waals surface area contributed by atoms with Crippen molar-refractivity contribution < 1.29 is 4.39 Å². The van der Waals surface area contributed by atoms with E-state index in [1.54, 1.807) is 12.3 Å². The van der Waals surface area contributed by atoms with Crippen molar-refractivity contribution in [1.82, 2.24) is 9.97 Å². The minimum absolute atomic E-state index is 0.370. The van der Waals surface area contributed by atoms with Crippen molar-refractivity contribution in [2.75, 3.05) is 55.0 Å². The molecule has 0 amide bonds. The van der Waals surface area contributed by atoms with Gasteiger partial charge in [-0.2, -0.15) is 10.2 Å². The quantitative estimate of drug-likeness (QED) is 0.858. The third kappa shape index (κ3) is 3.23. The van der Waals surface area contributed by atoms with Gasteiger partial charge in [0.15, 0.2) is 0 Å². The molecule has 24 heavy (non-hydrogen) atoms. The lowest BCUT2D eigenvalue weighted by Gasteiger charge is -2.36. The topological polar surface area (TPSA) is 59.3 Å². The molecular weight excluding hydrogens is 307 g/mol. The Hall–Kier alpha value is -2.88. The monoisotopic (exact) mass is 326 g/mol. The van der Waals surface area contributed by atoms with E-state index in [-0.39, 0.29) is 5.82 Å². The molecule has 0 bridgehead atoms. The van der Waals surface area contributed by atoms with Crippen LogP contribution in [0.4, 0.5) is 21.8 Å². The second kappa shape index (κ2) is 6.71. The summed E-state index contributed by atoms with van der Waals surface area (Å²) in [6, 6.07) is 8.30. The van der Waals surface area contributed by atoms with Gasteiger partial charge in [0, 0.05) is 46.5 Å².